The zero-order valence-electron chi connectivity index (χ0n) is 17.2. The summed E-state index contributed by atoms with van der Waals surface area (Å²) in [5.41, 5.74) is 1.29. The molecule has 1 saturated carbocycles. The van der Waals surface area contributed by atoms with Crippen molar-refractivity contribution in [2.75, 3.05) is 27.2 Å². The fraction of sp³-hybridized carbons (Fsp3) is 0.550. The van der Waals surface area contributed by atoms with Crippen molar-refractivity contribution in [2.45, 2.75) is 45.1 Å². The van der Waals surface area contributed by atoms with Crippen LogP contribution in [0.25, 0.3) is 5.69 Å². The number of nitro groups is 1. The Morgan fingerprint density at radius 3 is 2.66 bits per heavy atom. The van der Waals surface area contributed by atoms with Crippen LogP contribution in [0.15, 0.2) is 24.3 Å². The molecular weight excluding hydrogens is 372 g/mol. The van der Waals surface area contributed by atoms with Gasteiger partial charge in [0, 0.05) is 38.3 Å². The van der Waals surface area contributed by atoms with E-state index in [0.29, 0.717) is 24.0 Å². The number of carbonyl (C=O) groups is 1. The molecule has 9 nitrogen and oxygen atoms in total. The monoisotopic (exact) mass is 400 g/mol. The lowest BCUT2D eigenvalue weighted by molar-refractivity contribution is -0.384. The average Bonchev–Trinajstić information content (AvgIpc) is 3.13. The number of nitrogens with zero attached hydrogens (tertiary/aromatic N) is 6. The average molecular weight is 400 g/mol. The summed E-state index contributed by atoms with van der Waals surface area (Å²) in [4.78, 5) is 27.4. The van der Waals surface area contributed by atoms with Gasteiger partial charge in [0.2, 0.25) is 0 Å². The van der Waals surface area contributed by atoms with E-state index in [1.807, 2.05) is 0 Å². The number of carbonyl (C=O) groups excluding carboxylic acids is 1. The van der Waals surface area contributed by atoms with E-state index in [2.05, 4.69) is 22.3 Å². The molecule has 0 atom stereocenters. The second-order valence-electron chi connectivity index (χ2n) is 7.71. The van der Waals surface area contributed by atoms with Gasteiger partial charge in [0.15, 0.2) is 5.69 Å². The van der Waals surface area contributed by atoms with E-state index in [0.717, 1.165) is 6.54 Å². The van der Waals surface area contributed by atoms with Crippen molar-refractivity contribution in [3.05, 3.63) is 45.8 Å². The molecule has 1 aromatic carbocycles. The third-order valence-electron chi connectivity index (χ3n) is 5.72. The smallest absolute Gasteiger partial charge is 0.276 e. The molecule has 1 aliphatic carbocycles. The Kier molecular flexibility index (Phi) is 6.58. The molecule has 0 radical (unpaired) electrons. The number of non-ortho nitro benzene ring substituents is 1. The van der Waals surface area contributed by atoms with Crippen LogP contribution in [0.5, 0.6) is 0 Å². The summed E-state index contributed by atoms with van der Waals surface area (Å²) in [6.07, 6.45) is 6.34. The Morgan fingerprint density at radius 1 is 1.24 bits per heavy atom. The number of nitro benzene ring substituents is 1. The van der Waals surface area contributed by atoms with Gasteiger partial charge in [-0.2, -0.15) is 0 Å². The van der Waals surface area contributed by atoms with Gasteiger partial charge in [-0.15, -0.1) is 5.10 Å². The zero-order chi connectivity index (χ0) is 21.0. The second kappa shape index (κ2) is 9.13. The first-order valence-electron chi connectivity index (χ1n) is 10.0. The van der Waals surface area contributed by atoms with Crippen molar-refractivity contribution in [1.29, 1.82) is 0 Å². The maximum Gasteiger partial charge on any atom is 0.276 e. The highest BCUT2D eigenvalue weighted by Crippen LogP contribution is 2.22. The summed E-state index contributed by atoms with van der Waals surface area (Å²) in [6, 6.07) is 6.72. The molecule has 0 aliphatic heterocycles. The first-order valence-corrected chi connectivity index (χ1v) is 10.0. The van der Waals surface area contributed by atoms with E-state index >= 15 is 0 Å². The summed E-state index contributed by atoms with van der Waals surface area (Å²) in [5, 5.41) is 19.1. The van der Waals surface area contributed by atoms with Gasteiger partial charge in [-0.25, -0.2) is 4.68 Å². The molecule has 9 heteroatoms. The standard InChI is InChI=1S/C20H28N6O3/c1-15-19(21-22-25(15)17-10-7-11-18(14-17)26(28)29)20(27)24(3)13-12-23(2)16-8-5-4-6-9-16/h7,10-11,14,16H,4-6,8-9,12-13H2,1-3H3. The van der Waals surface area contributed by atoms with Gasteiger partial charge in [-0.1, -0.05) is 30.5 Å². The van der Waals surface area contributed by atoms with Crippen molar-refractivity contribution in [2.24, 2.45) is 0 Å². The number of aromatic nitrogens is 3. The maximum atomic E-state index is 12.9. The number of hydrogen-bond donors (Lipinski definition) is 0. The normalized spacial score (nSPS) is 14.9. The van der Waals surface area contributed by atoms with Crippen LogP contribution in [0, 0.1) is 17.0 Å². The molecule has 0 N–H and O–H groups in total. The van der Waals surface area contributed by atoms with Crippen molar-refractivity contribution < 1.29 is 9.72 Å². The minimum absolute atomic E-state index is 0.0341. The molecule has 1 aromatic heterocycles. The fourth-order valence-corrected chi connectivity index (χ4v) is 3.80. The maximum absolute atomic E-state index is 12.9. The Labute approximate surface area is 170 Å². The van der Waals surface area contributed by atoms with Crippen LogP contribution in [0.4, 0.5) is 5.69 Å². The number of benzene rings is 1. The lowest BCUT2D eigenvalue weighted by atomic mass is 9.94. The van der Waals surface area contributed by atoms with Crippen molar-refractivity contribution in [3.8, 4) is 5.69 Å². The van der Waals surface area contributed by atoms with E-state index in [-0.39, 0.29) is 17.3 Å². The van der Waals surface area contributed by atoms with E-state index in [4.69, 9.17) is 0 Å². The Hall–Kier alpha value is -2.81. The highest BCUT2D eigenvalue weighted by molar-refractivity contribution is 5.93. The second-order valence-corrected chi connectivity index (χ2v) is 7.71. The van der Waals surface area contributed by atoms with Gasteiger partial charge in [0.1, 0.15) is 0 Å². The number of hydrogen-bond acceptors (Lipinski definition) is 6. The molecule has 1 aliphatic rings. The zero-order valence-corrected chi connectivity index (χ0v) is 17.2. The van der Waals surface area contributed by atoms with E-state index in [9.17, 15) is 14.9 Å². The van der Waals surface area contributed by atoms with Crippen LogP contribution in [0.3, 0.4) is 0 Å². The predicted octanol–water partition coefficient (Wildman–Crippen LogP) is 2.82. The number of amides is 1. The number of rotatable bonds is 7. The predicted molar refractivity (Wildman–Crippen MR) is 109 cm³/mol. The van der Waals surface area contributed by atoms with Gasteiger partial charge in [-0.3, -0.25) is 14.9 Å². The lowest BCUT2D eigenvalue weighted by Crippen LogP contribution is -2.40. The molecule has 1 fully saturated rings. The Bertz CT molecular complexity index is 875. The molecule has 156 valence electrons. The summed E-state index contributed by atoms with van der Waals surface area (Å²) in [7, 11) is 3.89. The van der Waals surface area contributed by atoms with Crippen LogP contribution in [-0.2, 0) is 0 Å². The van der Waals surface area contributed by atoms with Crippen molar-refractivity contribution in [1.82, 2.24) is 24.8 Å². The summed E-state index contributed by atoms with van der Waals surface area (Å²) >= 11 is 0. The Balaban J connectivity index is 1.66. The van der Waals surface area contributed by atoms with Crippen LogP contribution in [0.1, 0.15) is 48.3 Å². The minimum Gasteiger partial charge on any atom is -0.339 e. The molecule has 1 heterocycles. The number of likely N-dealkylation sites (N-methyl/N-ethyl adjacent to an activating group) is 2. The van der Waals surface area contributed by atoms with Gasteiger partial charge in [0.05, 0.1) is 16.3 Å². The minimum atomic E-state index is -0.460. The van der Waals surface area contributed by atoms with Crippen LogP contribution in [0.2, 0.25) is 0 Å². The fourth-order valence-electron chi connectivity index (χ4n) is 3.80. The highest BCUT2D eigenvalue weighted by Gasteiger charge is 2.23. The third-order valence-corrected chi connectivity index (χ3v) is 5.72. The molecule has 3 rings (SSSR count). The van der Waals surface area contributed by atoms with Gasteiger partial charge >= 0.3 is 0 Å². The summed E-state index contributed by atoms with van der Waals surface area (Å²) in [6.45, 7) is 3.16. The van der Waals surface area contributed by atoms with Gasteiger partial charge in [-0.05, 0) is 32.9 Å². The van der Waals surface area contributed by atoms with E-state index < -0.39 is 4.92 Å². The molecule has 2 aromatic rings. The van der Waals surface area contributed by atoms with Crippen LogP contribution >= 0.6 is 0 Å². The topological polar surface area (TPSA) is 97.4 Å². The molecular formula is C20H28N6O3. The lowest BCUT2D eigenvalue weighted by Gasteiger charge is -2.32. The molecule has 1 amide bonds. The Morgan fingerprint density at radius 2 is 1.97 bits per heavy atom. The van der Waals surface area contributed by atoms with Gasteiger partial charge in [0.25, 0.3) is 11.6 Å². The van der Waals surface area contributed by atoms with Crippen molar-refractivity contribution in [3.63, 3.8) is 0 Å². The molecule has 0 saturated heterocycles. The summed E-state index contributed by atoms with van der Waals surface area (Å²) in [5.74, 6) is -0.198. The van der Waals surface area contributed by atoms with E-state index in [1.165, 1.54) is 48.9 Å². The van der Waals surface area contributed by atoms with Gasteiger partial charge < -0.3 is 9.80 Å². The molecule has 0 spiro atoms. The first-order chi connectivity index (χ1) is 13.9. The first kappa shape index (κ1) is 20.9. The SMILES string of the molecule is Cc1c(C(=O)N(C)CCN(C)C2CCCCC2)nnn1-c1cccc([N+](=O)[O-])c1. The van der Waals surface area contributed by atoms with Crippen LogP contribution in [-0.4, -0.2) is 68.9 Å². The molecule has 29 heavy (non-hydrogen) atoms. The largest absolute Gasteiger partial charge is 0.339 e. The van der Waals surface area contributed by atoms with E-state index in [1.54, 1.807) is 31.0 Å². The van der Waals surface area contributed by atoms with Crippen LogP contribution < -0.4 is 0 Å². The highest BCUT2D eigenvalue weighted by atomic mass is 16.6. The molecule has 0 bridgehead atoms. The molecule has 0 unspecified atom stereocenters. The summed E-state index contributed by atoms with van der Waals surface area (Å²) < 4.78 is 1.46. The third kappa shape index (κ3) is 4.79. The quantitative estimate of drug-likeness (QED) is 0.524. The van der Waals surface area contributed by atoms with Crippen molar-refractivity contribution >= 4 is 11.6 Å².